The first-order valence-corrected chi connectivity index (χ1v) is 10.4. The van der Waals surface area contributed by atoms with E-state index in [0.29, 0.717) is 13.2 Å². The number of benzene rings is 2. The molecule has 2 aromatic rings. The van der Waals surface area contributed by atoms with Crippen LogP contribution in [0, 0.1) is 5.82 Å². The maximum Gasteiger partial charge on any atom is 0.331 e. The van der Waals surface area contributed by atoms with E-state index in [4.69, 9.17) is 4.74 Å². The molecule has 0 N–H and O–H groups in total. The quantitative estimate of drug-likeness (QED) is 0.493. The molecule has 0 saturated carbocycles. The maximum absolute atomic E-state index is 13.5. The summed E-state index contributed by atoms with van der Waals surface area (Å²) in [6.45, 7) is 9.05. The van der Waals surface area contributed by atoms with Crippen molar-refractivity contribution in [3.63, 3.8) is 0 Å². The largest absolute Gasteiger partial charge is 0.463 e. The minimum absolute atomic E-state index is 0. The summed E-state index contributed by atoms with van der Waals surface area (Å²) in [5, 5.41) is 0. The molecule has 0 heterocycles. The van der Waals surface area contributed by atoms with E-state index in [1.807, 2.05) is 37.3 Å². The fourth-order valence-electron chi connectivity index (χ4n) is 3.11. The smallest absolute Gasteiger partial charge is 0.331 e. The topological polar surface area (TPSA) is 29.5 Å². The van der Waals surface area contributed by atoms with Crippen LogP contribution in [-0.4, -0.2) is 42.9 Å². The van der Waals surface area contributed by atoms with E-state index in [1.165, 1.54) is 23.9 Å². The van der Waals surface area contributed by atoms with Crippen molar-refractivity contribution < 1.29 is 13.9 Å². The van der Waals surface area contributed by atoms with Gasteiger partial charge in [0.05, 0.1) is 0 Å². The van der Waals surface area contributed by atoms with Crippen LogP contribution in [-0.2, 0) is 14.3 Å². The summed E-state index contributed by atoms with van der Waals surface area (Å²) >= 11 is 1.50. The molecule has 154 valence electrons. The third kappa shape index (κ3) is 5.72. The van der Waals surface area contributed by atoms with Gasteiger partial charge in [-0.2, -0.15) is 0 Å². The second kappa shape index (κ2) is 12.1. The number of esters is 1. The van der Waals surface area contributed by atoms with Crippen molar-refractivity contribution in [2.24, 2.45) is 0 Å². The Labute approximate surface area is 178 Å². The first kappa shape index (κ1) is 24.5. The van der Waals surface area contributed by atoms with Crippen molar-refractivity contribution in [2.45, 2.75) is 25.5 Å². The molecule has 6 heteroatoms. The zero-order chi connectivity index (χ0) is 19.7. The second-order valence-corrected chi connectivity index (χ2v) is 7.63. The number of carbonyl (C=O) groups excluding carboxylic acids is 1. The first-order chi connectivity index (χ1) is 13.1. The lowest BCUT2D eigenvalue weighted by Crippen LogP contribution is -2.38. The Hall–Kier alpha value is -1.56. The molecule has 1 atom stereocenters. The fraction of sp³-hybridized carbons (Fsp3) is 0.409. The average Bonchev–Trinajstić information content (AvgIpc) is 2.70. The van der Waals surface area contributed by atoms with Crippen molar-refractivity contribution in [3.05, 3.63) is 71.5 Å². The van der Waals surface area contributed by atoms with Gasteiger partial charge in [-0.1, -0.05) is 63.2 Å². The van der Waals surface area contributed by atoms with E-state index in [-0.39, 0.29) is 24.2 Å². The van der Waals surface area contributed by atoms with Crippen molar-refractivity contribution in [1.82, 2.24) is 4.90 Å². The van der Waals surface area contributed by atoms with E-state index in [0.717, 1.165) is 30.0 Å². The molecule has 0 aliphatic heterocycles. The van der Waals surface area contributed by atoms with Gasteiger partial charge in [-0.05, 0) is 42.1 Å². The van der Waals surface area contributed by atoms with Crippen LogP contribution in [0.15, 0.2) is 54.6 Å². The number of halogens is 2. The molecule has 0 amide bonds. The SMILES string of the molecule is CCSC(C(=O)OCCN(CC)CC)(c1ccccc1)c1ccc(F)cc1.Cl. The van der Waals surface area contributed by atoms with Gasteiger partial charge in [0.1, 0.15) is 12.4 Å². The third-order valence-corrected chi connectivity index (χ3v) is 5.97. The zero-order valence-electron chi connectivity index (χ0n) is 16.7. The summed E-state index contributed by atoms with van der Waals surface area (Å²) < 4.78 is 18.2. The molecule has 0 saturated heterocycles. The van der Waals surface area contributed by atoms with Gasteiger partial charge >= 0.3 is 5.97 Å². The number of hydrogen-bond donors (Lipinski definition) is 0. The van der Waals surface area contributed by atoms with Crippen LogP contribution in [0.25, 0.3) is 0 Å². The molecular formula is C22H29ClFNO2S. The maximum atomic E-state index is 13.5. The molecule has 0 radical (unpaired) electrons. The summed E-state index contributed by atoms with van der Waals surface area (Å²) in [7, 11) is 0. The van der Waals surface area contributed by atoms with Crippen LogP contribution in [0.5, 0.6) is 0 Å². The Balaban J connectivity index is 0.00000392. The highest BCUT2D eigenvalue weighted by atomic mass is 35.5. The van der Waals surface area contributed by atoms with E-state index in [2.05, 4.69) is 18.7 Å². The van der Waals surface area contributed by atoms with Crippen molar-refractivity contribution in [1.29, 1.82) is 0 Å². The summed E-state index contributed by atoms with van der Waals surface area (Å²) in [5.74, 6) is 0.0913. The van der Waals surface area contributed by atoms with Gasteiger partial charge < -0.3 is 9.64 Å². The lowest BCUT2D eigenvalue weighted by Gasteiger charge is -2.32. The van der Waals surface area contributed by atoms with Gasteiger partial charge in [-0.3, -0.25) is 0 Å². The van der Waals surface area contributed by atoms with Crippen LogP contribution in [0.3, 0.4) is 0 Å². The Morgan fingerprint density at radius 1 is 1.00 bits per heavy atom. The Kier molecular flexibility index (Phi) is 10.6. The number of hydrogen-bond acceptors (Lipinski definition) is 4. The molecule has 0 spiro atoms. The Morgan fingerprint density at radius 3 is 2.11 bits per heavy atom. The fourth-order valence-corrected chi connectivity index (χ4v) is 4.33. The van der Waals surface area contributed by atoms with E-state index in [1.54, 1.807) is 12.1 Å². The highest BCUT2D eigenvalue weighted by molar-refractivity contribution is 8.01. The van der Waals surface area contributed by atoms with Gasteiger partial charge in [-0.15, -0.1) is 24.2 Å². The standard InChI is InChI=1S/C22H28FNO2S.ClH/c1-4-24(5-2)16-17-26-21(25)22(27-6-3,18-10-8-7-9-11-18)19-12-14-20(23)15-13-19;/h7-15H,4-6,16-17H2,1-3H3;1H. The highest BCUT2D eigenvalue weighted by Gasteiger charge is 2.44. The molecule has 0 aliphatic carbocycles. The summed E-state index contributed by atoms with van der Waals surface area (Å²) in [5.41, 5.74) is 1.58. The average molecular weight is 426 g/mol. The van der Waals surface area contributed by atoms with Crippen molar-refractivity contribution >= 4 is 30.1 Å². The predicted molar refractivity (Wildman–Crippen MR) is 118 cm³/mol. The number of ether oxygens (including phenoxy) is 1. The van der Waals surface area contributed by atoms with Crippen molar-refractivity contribution in [3.8, 4) is 0 Å². The Bertz CT molecular complexity index is 710. The minimum atomic E-state index is -1.01. The monoisotopic (exact) mass is 425 g/mol. The zero-order valence-corrected chi connectivity index (χ0v) is 18.3. The first-order valence-electron chi connectivity index (χ1n) is 9.43. The second-order valence-electron chi connectivity index (χ2n) is 6.15. The van der Waals surface area contributed by atoms with E-state index in [9.17, 15) is 9.18 Å². The molecular weight excluding hydrogens is 397 g/mol. The number of rotatable bonds is 10. The van der Waals surface area contributed by atoms with Crippen molar-refractivity contribution in [2.75, 3.05) is 32.0 Å². The van der Waals surface area contributed by atoms with Gasteiger partial charge in [0, 0.05) is 6.54 Å². The molecule has 0 aliphatic rings. The molecule has 0 bridgehead atoms. The molecule has 1 unspecified atom stereocenters. The van der Waals surface area contributed by atoms with Gasteiger partial charge in [0.2, 0.25) is 0 Å². The van der Waals surface area contributed by atoms with Gasteiger partial charge in [-0.25, -0.2) is 9.18 Å². The molecule has 3 nitrogen and oxygen atoms in total. The molecule has 0 fully saturated rings. The molecule has 0 aromatic heterocycles. The van der Waals surface area contributed by atoms with E-state index >= 15 is 0 Å². The molecule has 2 aromatic carbocycles. The normalized spacial score (nSPS) is 12.9. The van der Waals surface area contributed by atoms with Gasteiger partial charge in [0.25, 0.3) is 0 Å². The molecule has 2 rings (SSSR count). The van der Waals surface area contributed by atoms with Crippen LogP contribution in [0.1, 0.15) is 31.9 Å². The summed E-state index contributed by atoms with van der Waals surface area (Å²) in [4.78, 5) is 15.6. The molecule has 28 heavy (non-hydrogen) atoms. The summed E-state index contributed by atoms with van der Waals surface area (Å²) in [6.07, 6.45) is 0. The van der Waals surface area contributed by atoms with Crippen LogP contribution < -0.4 is 0 Å². The number of likely N-dealkylation sites (N-methyl/N-ethyl adjacent to an activating group) is 1. The van der Waals surface area contributed by atoms with E-state index < -0.39 is 4.75 Å². The number of thioether (sulfide) groups is 1. The lowest BCUT2D eigenvalue weighted by molar-refractivity contribution is -0.146. The summed E-state index contributed by atoms with van der Waals surface area (Å²) in [6, 6.07) is 15.7. The minimum Gasteiger partial charge on any atom is -0.463 e. The highest BCUT2D eigenvalue weighted by Crippen LogP contribution is 2.44. The number of nitrogens with zero attached hydrogens (tertiary/aromatic N) is 1. The van der Waals surface area contributed by atoms with Crippen LogP contribution in [0.2, 0.25) is 0 Å². The van der Waals surface area contributed by atoms with Crippen LogP contribution in [0.4, 0.5) is 4.39 Å². The predicted octanol–water partition coefficient (Wildman–Crippen LogP) is 5.13. The Morgan fingerprint density at radius 2 is 1.57 bits per heavy atom. The van der Waals surface area contributed by atoms with Crippen LogP contribution >= 0.6 is 24.2 Å². The third-order valence-electron chi connectivity index (χ3n) is 4.61. The number of carbonyl (C=O) groups is 1. The lowest BCUT2D eigenvalue weighted by atomic mass is 9.90. The van der Waals surface area contributed by atoms with Gasteiger partial charge in [0.15, 0.2) is 4.75 Å².